The summed E-state index contributed by atoms with van der Waals surface area (Å²) in [6, 6.07) is 0. The first kappa shape index (κ1) is 79.0. The van der Waals surface area contributed by atoms with Crippen LogP contribution >= 0.6 is 0 Å². The molecule has 0 aliphatic heterocycles. The highest BCUT2D eigenvalue weighted by atomic mass is 16.7. The van der Waals surface area contributed by atoms with Gasteiger partial charge in [-0.05, 0) is 103 Å². The van der Waals surface area contributed by atoms with Crippen molar-refractivity contribution < 1.29 is 42.9 Å². The molecule has 0 aromatic rings. The predicted molar refractivity (Wildman–Crippen MR) is 355 cm³/mol. The zero-order valence-electron chi connectivity index (χ0n) is 54.3. The fourth-order valence-electron chi connectivity index (χ4n) is 9.32. The van der Waals surface area contributed by atoms with Crippen LogP contribution in [0.2, 0.25) is 0 Å². The summed E-state index contributed by atoms with van der Waals surface area (Å²) < 4.78 is 23.0. The van der Waals surface area contributed by atoms with Crippen molar-refractivity contribution in [1.82, 2.24) is 0 Å². The average molecular weight is 1160 g/mol. The van der Waals surface area contributed by atoms with Crippen molar-refractivity contribution >= 4 is 17.9 Å². The molecule has 9 heteroatoms. The lowest BCUT2D eigenvalue weighted by Gasteiger charge is -2.25. The molecular formula is C74H128NO8+. The summed E-state index contributed by atoms with van der Waals surface area (Å²) in [6.45, 7) is 4.76. The Balaban J connectivity index is 4.13. The smallest absolute Gasteiger partial charge is 0.361 e. The first-order valence-electron chi connectivity index (χ1n) is 34.1. The summed E-state index contributed by atoms with van der Waals surface area (Å²) in [4.78, 5) is 37.6. The molecule has 0 aliphatic rings. The Morgan fingerprint density at radius 2 is 0.687 bits per heavy atom. The first-order valence-corrected chi connectivity index (χ1v) is 34.1. The highest BCUT2D eigenvalue weighted by molar-refractivity contribution is 5.71. The van der Waals surface area contributed by atoms with Gasteiger partial charge >= 0.3 is 17.9 Å². The van der Waals surface area contributed by atoms with Gasteiger partial charge in [-0.15, -0.1) is 0 Å². The van der Waals surface area contributed by atoms with Crippen LogP contribution in [0.5, 0.6) is 0 Å². The summed E-state index contributed by atoms with van der Waals surface area (Å²) >= 11 is 0. The number of quaternary nitrogens is 1. The summed E-state index contributed by atoms with van der Waals surface area (Å²) in [5, 5.41) is 9.74. The van der Waals surface area contributed by atoms with Crippen LogP contribution < -0.4 is 0 Å². The van der Waals surface area contributed by atoms with Gasteiger partial charge in [-0.25, -0.2) is 4.79 Å². The number of rotatable bonds is 62. The van der Waals surface area contributed by atoms with Crippen molar-refractivity contribution in [3.63, 3.8) is 0 Å². The molecule has 0 aliphatic carbocycles. The second-order valence-corrected chi connectivity index (χ2v) is 23.7. The number of esters is 2. The number of carbonyl (C=O) groups excluding carboxylic acids is 2. The van der Waals surface area contributed by atoms with E-state index in [-0.39, 0.29) is 32.2 Å². The van der Waals surface area contributed by atoms with Crippen LogP contribution in [0, 0.1) is 0 Å². The third kappa shape index (κ3) is 65.3. The Labute approximate surface area is 511 Å². The fourth-order valence-corrected chi connectivity index (χ4v) is 9.32. The van der Waals surface area contributed by atoms with E-state index in [0.717, 1.165) is 103 Å². The van der Waals surface area contributed by atoms with Gasteiger partial charge in [-0.2, -0.15) is 0 Å². The summed E-state index contributed by atoms with van der Waals surface area (Å²) in [6.07, 6.45) is 86.2. The van der Waals surface area contributed by atoms with Crippen LogP contribution in [0.25, 0.3) is 0 Å². The van der Waals surface area contributed by atoms with E-state index in [4.69, 9.17) is 18.9 Å². The maximum atomic E-state index is 12.9. The summed E-state index contributed by atoms with van der Waals surface area (Å²) in [5.74, 6) is -2.01. The van der Waals surface area contributed by atoms with Gasteiger partial charge in [-0.1, -0.05) is 277 Å². The van der Waals surface area contributed by atoms with Crippen molar-refractivity contribution in [2.45, 2.75) is 296 Å². The molecule has 0 saturated heterocycles. The summed E-state index contributed by atoms with van der Waals surface area (Å²) in [7, 11) is 5.97. The second kappa shape index (κ2) is 64.0. The van der Waals surface area contributed by atoms with Crippen LogP contribution in [-0.2, 0) is 33.3 Å². The van der Waals surface area contributed by atoms with Gasteiger partial charge in [0.1, 0.15) is 13.2 Å². The standard InChI is InChI=1S/C74H127NO8/c1-6-8-10-12-14-16-18-20-22-24-26-28-30-31-32-33-34-35-36-37-38-39-40-41-43-45-47-49-51-53-55-57-59-61-63-65-72(77)83-70(69-82-74(73(78)79)80-67-66-75(3,4)5)68-81-71(76)64-62-60-58-56-54-52-50-48-46-44-42-29-27-25-23-21-19-17-15-13-11-9-7-2/h8,10,14,16,19-22,25-28,31-32,34-35,42,44,70,74H,6-7,9,11-13,15,17-18,23-24,29-30,33,36-41,43,45-69H2,1-5H3/p+1/b10-8-,16-14-,21-19-,22-20-,27-25-,28-26-,32-31-,35-34-,44-42-. The molecule has 1 N–H and O–H groups in total. The molecule has 0 aromatic carbocycles. The van der Waals surface area contributed by atoms with Gasteiger partial charge in [0.2, 0.25) is 0 Å². The van der Waals surface area contributed by atoms with E-state index in [1.54, 1.807) is 0 Å². The fraction of sp³-hybridized carbons (Fsp3) is 0.716. The largest absolute Gasteiger partial charge is 0.477 e. The maximum absolute atomic E-state index is 12.9. The van der Waals surface area contributed by atoms with E-state index in [1.807, 2.05) is 21.1 Å². The number of carbonyl (C=O) groups is 3. The minimum atomic E-state index is -1.52. The van der Waals surface area contributed by atoms with Crippen LogP contribution in [0.15, 0.2) is 109 Å². The van der Waals surface area contributed by atoms with Crippen LogP contribution in [0.3, 0.4) is 0 Å². The number of ether oxygens (including phenoxy) is 4. The normalized spacial score (nSPS) is 13.4. The minimum absolute atomic E-state index is 0.183. The van der Waals surface area contributed by atoms with E-state index >= 15 is 0 Å². The van der Waals surface area contributed by atoms with Crippen molar-refractivity contribution in [3.05, 3.63) is 109 Å². The monoisotopic (exact) mass is 1160 g/mol. The van der Waals surface area contributed by atoms with Crippen molar-refractivity contribution in [2.24, 2.45) is 0 Å². The highest BCUT2D eigenvalue weighted by Gasteiger charge is 2.25. The number of carboxylic acid groups (broad SMARTS) is 1. The number of hydrogen-bond donors (Lipinski definition) is 1. The molecule has 476 valence electrons. The molecule has 0 bridgehead atoms. The lowest BCUT2D eigenvalue weighted by atomic mass is 10.0. The Bertz CT molecular complexity index is 1730. The van der Waals surface area contributed by atoms with Crippen molar-refractivity contribution in [2.75, 3.05) is 47.5 Å². The molecule has 0 amide bonds. The molecule has 0 spiro atoms. The quantitative estimate of drug-likeness (QED) is 0.0211. The van der Waals surface area contributed by atoms with E-state index in [2.05, 4.69) is 123 Å². The molecule has 9 nitrogen and oxygen atoms in total. The summed E-state index contributed by atoms with van der Waals surface area (Å²) in [5.41, 5.74) is 0. The third-order valence-electron chi connectivity index (χ3n) is 14.5. The average Bonchev–Trinajstić information content (AvgIpc) is 3.46. The molecular weight excluding hydrogens is 1030 g/mol. The minimum Gasteiger partial charge on any atom is -0.477 e. The van der Waals surface area contributed by atoms with Gasteiger partial charge in [0.25, 0.3) is 6.29 Å². The van der Waals surface area contributed by atoms with Crippen LogP contribution in [0.1, 0.15) is 284 Å². The Morgan fingerprint density at radius 3 is 1.02 bits per heavy atom. The molecule has 0 heterocycles. The van der Waals surface area contributed by atoms with Gasteiger partial charge in [0.15, 0.2) is 6.10 Å². The van der Waals surface area contributed by atoms with Gasteiger partial charge in [0.05, 0.1) is 34.4 Å². The lowest BCUT2D eigenvalue weighted by molar-refractivity contribution is -0.870. The third-order valence-corrected chi connectivity index (χ3v) is 14.5. The van der Waals surface area contributed by atoms with E-state index in [0.29, 0.717) is 17.4 Å². The zero-order chi connectivity index (χ0) is 60.5. The number of hydrogen-bond acceptors (Lipinski definition) is 7. The Morgan fingerprint density at radius 1 is 0.373 bits per heavy atom. The second-order valence-electron chi connectivity index (χ2n) is 23.7. The van der Waals surface area contributed by atoms with E-state index < -0.39 is 24.3 Å². The van der Waals surface area contributed by atoms with Crippen molar-refractivity contribution in [3.8, 4) is 0 Å². The molecule has 83 heavy (non-hydrogen) atoms. The molecule has 0 rings (SSSR count). The maximum Gasteiger partial charge on any atom is 0.361 e. The Hall–Kier alpha value is -4.05. The number of likely N-dealkylation sites (N-methyl/N-ethyl adjacent to an activating group) is 1. The number of allylic oxidation sites excluding steroid dienone is 18. The number of unbranched alkanes of at least 4 members (excludes halogenated alkanes) is 29. The number of carboxylic acids is 1. The molecule has 2 atom stereocenters. The van der Waals surface area contributed by atoms with Crippen LogP contribution in [-0.4, -0.2) is 87.4 Å². The SMILES string of the molecule is CC/C=C\C/C=C\C/C=C\C/C=C\C/C=C\C/C=C\CCCCCCCCCCCCCCCCCCC(=O)OC(COC(=O)CCCCCCCCCC/C=C\C/C=C\C/C=C\CCCCCCC)COC(OCC[N+](C)(C)C)C(=O)O. The highest BCUT2D eigenvalue weighted by Crippen LogP contribution is 2.17. The molecule has 0 radical (unpaired) electrons. The van der Waals surface area contributed by atoms with Gasteiger partial charge < -0.3 is 28.5 Å². The van der Waals surface area contributed by atoms with E-state index in [9.17, 15) is 19.5 Å². The number of aliphatic carboxylic acids is 1. The van der Waals surface area contributed by atoms with E-state index in [1.165, 1.54) is 154 Å². The number of nitrogens with zero attached hydrogens (tertiary/aromatic N) is 1. The lowest BCUT2D eigenvalue weighted by Crippen LogP contribution is -2.40. The Kier molecular flexibility index (Phi) is 60.8. The first-order chi connectivity index (χ1) is 40.6. The predicted octanol–water partition coefficient (Wildman–Crippen LogP) is 21.0. The molecule has 0 saturated carbocycles. The molecule has 2 unspecified atom stereocenters. The zero-order valence-corrected chi connectivity index (χ0v) is 54.3. The van der Waals surface area contributed by atoms with Crippen molar-refractivity contribution in [1.29, 1.82) is 0 Å². The van der Waals surface area contributed by atoms with Gasteiger partial charge in [-0.3, -0.25) is 9.59 Å². The van der Waals surface area contributed by atoms with Crippen LogP contribution in [0.4, 0.5) is 0 Å². The molecule has 0 fully saturated rings. The molecule has 0 aromatic heterocycles. The topological polar surface area (TPSA) is 108 Å². The van der Waals surface area contributed by atoms with Gasteiger partial charge in [0, 0.05) is 12.8 Å².